The number of nitrogens with one attached hydrogen (secondary N) is 1. The zero-order valence-corrected chi connectivity index (χ0v) is 20.6. The van der Waals surface area contributed by atoms with Gasteiger partial charge in [0.25, 0.3) is 11.6 Å². The van der Waals surface area contributed by atoms with Gasteiger partial charge in [-0.2, -0.15) is 0 Å². The Bertz CT molecular complexity index is 1440. The Morgan fingerprint density at radius 1 is 1.03 bits per heavy atom. The van der Waals surface area contributed by atoms with Gasteiger partial charge in [0, 0.05) is 36.0 Å². The van der Waals surface area contributed by atoms with Crippen LogP contribution in [0, 0.1) is 10.1 Å². The van der Waals surface area contributed by atoms with Crippen molar-refractivity contribution in [3.8, 4) is 11.5 Å². The lowest BCUT2D eigenvalue weighted by molar-refractivity contribution is -0.384. The van der Waals surface area contributed by atoms with E-state index in [2.05, 4.69) is 43.2 Å². The number of rotatable bonds is 5. The van der Waals surface area contributed by atoms with Crippen LogP contribution in [0.3, 0.4) is 0 Å². The first-order chi connectivity index (χ1) is 17.2. The molecule has 8 nitrogen and oxygen atoms in total. The van der Waals surface area contributed by atoms with E-state index in [0.29, 0.717) is 28.4 Å². The number of benzene rings is 3. The van der Waals surface area contributed by atoms with Crippen molar-refractivity contribution < 1.29 is 14.1 Å². The number of carbonyl (C=O) groups is 1. The van der Waals surface area contributed by atoms with Crippen molar-refractivity contribution in [2.24, 2.45) is 0 Å². The van der Waals surface area contributed by atoms with Crippen LogP contribution in [0.1, 0.15) is 49.5 Å². The lowest BCUT2D eigenvalue weighted by Gasteiger charge is -2.18. The van der Waals surface area contributed by atoms with Crippen LogP contribution in [0.25, 0.3) is 22.6 Å². The molecular weight excluding hydrogens is 456 g/mol. The van der Waals surface area contributed by atoms with E-state index in [9.17, 15) is 14.9 Å². The maximum Gasteiger partial charge on any atom is 0.293 e. The van der Waals surface area contributed by atoms with Gasteiger partial charge < -0.3 is 14.6 Å². The molecular formula is C28H28N4O4. The van der Waals surface area contributed by atoms with E-state index >= 15 is 0 Å². The first kappa shape index (κ1) is 23.5. The fraction of sp³-hybridized carbons (Fsp3) is 0.286. The van der Waals surface area contributed by atoms with Gasteiger partial charge in [0.15, 0.2) is 5.58 Å². The van der Waals surface area contributed by atoms with Crippen LogP contribution >= 0.6 is 0 Å². The summed E-state index contributed by atoms with van der Waals surface area (Å²) in [4.78, 5) is 30.7. The van der Waals surface area contributed by atoms with Gasteiger partial charge in [0.1, 0.15) is 11.2 Å². The first-order valence-corrected chi connectivity index (χ1v) is 12.1. The van der Waals surface area contributed by atoms with Crippen LogP contribution in [-0.4, -0.2) is 28.9 Å². The zero-order chi connectivity index (χ0) is 25.4. The van der Waals surface area contributed by atoms with Gasteiger partial charge in [-0.3, -0.25) is 14.9 Å². The molecule has 36 heavy (non-hydrogen) atoms. The van der Waals surface area contributed by atoms with Gasteiger partial charge in [0.05, 0.1) is 4.92 Å². The van der Waals surface area contributed by atoms with Crippen LogP contribution in [0.2, 0.25) is 0 Å². The smallest absolute Gasteiger partial charge is 0.293 e. The minimum absolute atomic E-state index is 0.0568. The molecule has 0 aliphatic carbocycles. The number of aromatic nitrogens is 1. The molecule has 1 saturated heterocycles. The van der Waals surface area contributed by atoms with E-state index in [1.54, 1.807) is 30.3 Å². The molecule has 0 unspecified atom stereocenters. The highest BCUT2D eigenvalue weighted by Crippen LogP contribution is 2.32. The van der Waals surface area contributed by atoms with Crippen LogP contribution in [0.5, 0.6) is 0 Å². The number of nitro groups is 1. The molecule has 1 amide bonds. The SMILES string of the molecule is CC(C)(C)c1ccc(-c2nc3cc(NC(=O)c4ccc(N5CCCC5)c([N+](=O)[O-])c4)ccc3o2)cc1. The maximum absolute atomic E-state index is 12.9. The quantitative estimate of drug-likeness (QED) is 0.254. The van der Waals surface area contributed by atoms with Crippen LogP contribution < -0.4 is 10.2 Å². The van der Waals surface area contributed by atoms with E-state index in [-0.39, 0.29) is 16.7 Å². The third-order valence-corrected chi connectivity index (χ3v) is 6.52. The third-order valence-electron chi connectivity index (χ3n) is 6.52. The highest BCUT2D eigenvalue weighted by atomic mass is 16.6. The Balaban J connectivity index is 1.36. The molecule has 3 aromatic carbocycles. The van der Waals surface area contributed by atoms with Crippen LogP contribution in [0.4, 0.5) is 17.1 Å². The van der Waals surface area contributed by atoms with Crippen LogP contribution in [0.15, 0.2) is 65.1 Å². The average molecular weight is 485 g/mol. The fourth-order valence-corrected chi connectivity index (χ4v) is 4.48. The number of oxazole rings is 1. The van der Waals surface area contributed by atoms with Crippen LogP contribution in [-0.2, 0) is 5.41 Å². The summed E-state index contributed by atoms with van der Waals surface area (Å²) in [5, 5.41) is 14.5. The lowest BCUT2D eigenvalue weighted by Crippen LogP contribution is -2.19. The summed E-state index contributed by atoms with van der Waals surface area (Å²) in [6.07, 6.45) is 2.02. The summed E-state index contributed by atoms with van der Waals surface area (Å²) >= 11 is 0. The number of nitrogens with zero attached hydrogens (tertiary/aromatic N) is 3. The summed E-state index contributed by atoms with van der Waals surface area (Å²) in [6.45, 7) is 8.06. The molecule has 184 valence electrons. The molecule has 0 spiro atoms. The lowest BCUT2D eigenvalue weighted by atomic mass is 9.87. The van der Waals surface area contributed by atoms with Crippen molar-refractivity contribution >= 4 is 34.1 Å². The summed E-state index contributed by atoms with van der Waals surface area (Å²) in [7, 11) is 0. The highest BCUT2D eigenvalue weighted by molar-refractivity contribution is 6.05. The largest absolute Gasteiger partial charge is 0.436 e. The molecule has 2 heterocycles. The molecule has 1 fully saturated rings. The molecule has 0 saturated carbocycles. The first-order valence-electron chi connectivity index (χ1n) is 12.1. The van der Waals surface area contributed by atoms with Crippen molar-refractivity contribution in [1.29, 1.82) is 0 Å². The third kappa shape index (κ3) is 4.66. The number of nitro benzene ring substituents is 1. The number of hydrogen-bond acceptors (Lipinski definition) is 6. The number of carbonyl (C=O) groups excluding carboxylic acids is 1. The topological polar surface area (TPSA) is 102 Å². The summed E-state index contributed by atoms with van der Waals surface area (Å²) in [5.41, 5.74) is 4.62. The van der Waals surface area contributed by atoms with Gasteiger partial charge in [-0.1, -0.05) is 32.9 Å². The molecule has 1 aliphatic rings. The zero-order valence-electron chi connectivity index (χ0n) is 20.6. The molecule has 1 aromatic heterocycles. The van der Waals surface area contributed by atoms with Gasteiger partial charge in [0.2, 0.25) is 5.89 Å². The molecule has 5 rings (SSSR count). The van der Waals surface area contributed by atoms with E-state index < -0.39 is 10.8 Å². The molecule has 1 N–H and O–H groups in total. The van der Waals surface area contributed by atoms with Crippen molar-refractivity contribution in [3.63, 3.8) is 0 Å². The monoisotopic (exact) mass is 484 g/mol. The maximum atomic E-state index is 12.9. The Kier molecular flexibility index (Phi) is 5.96. The summed E-state index contributed by atoms with van der Waals surface area (Å²) in [6, 6.07) is 18.0. The Morgan fingerprint density at radius 3 is 2.42 bits per heavy atom. The van der Waals surface area contributed by atoms with Gasteiger partial charge in [-0.05, 0) is 66.3 Å². The Morgan fingerprint density at radius 2 is 1.75 bits per heavy atom. The van der Waals surface area contributed by atoms with E-state index in [4.69, 9.17) is 4.42 Å². The summed E-state index contributed by atoms with van der Waals surface area (Å²) < 4.78 is 5.92. The highest BCUT2D eigenvalue weighted by Gasteiger charge is 2.24. The Labute approximate surface area is 209 Å². The Hall–Kier alpha value is -4.20. The van der Waals surface area contributed by atoms with E-state index in [0.717, 1.165) is 31.5 Å². The van der Waals surface area contributed by atoms with Crippen molar-refractivity contribution in [3.05, 3.63) is 81.9 Å². The second kappa shape index (κ2) is 9.11. The van der Waals surface area contributed by atoms with Gasteiger partial charge >= 0.3 is 0 Å². The summed E-state index contributed by atoms with van der Waals surface area (Å²) in [5.74, 6) is 0.0778. The molecule has 0 atom stereocenters. The standard InChI is InChI=1S/C28H28N4O4/c1-28(2,3)20-9-6-18(7-10-20)27-30-22-17-21(11-13-25(22)36-27)29-26(33)19-8-12-23(24(16-19)32(34)35)31-14-4-5-15-31/h6-13,16-17H,4-5,14-15H2,1-3H3,(H,29,33). The predicted molar refractivity (Wildman–Crippen MR) is 141 cm³/mol. The van der Waals surface area contributed by atoms with Crippen molar-refractivity contribution in [2.45, 2.75) is 39.0 Å². The minimum atomic E-state index is -0.429. The average Bonchev–Trinajstić information content (AvgIpc) is 3.53. The number of anilines is 2. The predicted octanol–water partition coefficient (Wildman–Crippen LogP) is 6.55. The fourth-order valence-electron chi connectivity index (χ4n) is 4.48. The normalized spacial score (nSPS) is 13.8. The van der Waals surface area contributed by atoms with Crippen molar-refractivity contribution in [1.82, 2.24) is 4.98 Å². The number of hydrogen-bond donors (Lipinski definition) is 1. The van der Waals surface area contributed by atoms with Gasteiger partial charge in [-0.25, -0.2) is 4.98 Å². The number of amides is 1. The van der Waals surface area contributed by atoms with E-state index in [1.807, 2.05) is 17.0 Å². The molecule has 8 heteroatoms. The minimum Gasteiger partial charge on any atom is -0.436 e. The second-order valence-corrected chi connectivity index (χ2v) is 10.1. The van der Waals surface area contributed by atoms with Crippen molar-refractivity contribution in [2.75, 3.05) is 23.3 Å². The molecule has 1 aliphatic heterocycles. The van der Waals surface area contributed by atoms with Gasteiger partial charge in [-0.15, -0.1) is 0 Å². The second-order valence-electron chi connectivity index (χ2n) is 10.1. The molecule has 0 bridgehead atoms. The number of fused-ring (bicyclic) bond motifs is 1. The molecule has 0 radical (unpaired) electrons. The van der Waals surface area contributed by atoms with E-state index in [1.165, 1.54) is 11.6 Å². The molecule has 4 aromatic rings.